The van der Waals surface area contributed by atoms with E-state index in [1.165, 1.54) is 10.4 Å². The Morgan fingerprint density at radius 1 is 1.07 bits per heavy atom. The molecule has 148 valence electrons. The van der Waals surface area contributed by atoms with Crippen LogP contribution in [0.2, 0.25) is 0 Å². The summed E-state index contributed by atoms with van der Waals surface area (Å²) in [5, 5.41) is 7.68. The second-order valence-electron chi connectivity index (χ2n) is 7.95. The Bertz CT molecular complexity index is 1030. The van der Waals surface area contributed by atoms with E-state index in [1.807, 2.05) is 42.5 Å². The molecule has 2 heterocycles. The third-order valence-corrected chi connectivity index (χ3v) is 6.94. The zero-order valence-electron chi connectivity index (χ0n) is 16.4. The van der Waals surface area contributed by atoms with Crippen LogP contribution in [0.25, 0.3) is 0 Å². The van der Waals surface area contributed by atoms with E-state index in [-0.39, 0.29) is 12.1 Å². The van der Waals surface area contributed by atoms with Gasteiger partial charge < -0.3 is 15.4 Å². The standard InChI is InChI=1S/C24H24N2O2S/c1-15-7-12-19-20(13-15)29-24-21(19)23(27)25-22(26-24)17-8-10-18(11-9-17)28-14-16-5-3-2-4-6-16/h2-6,8-11,15,22,26H,7,12-14H2,1H3,(H,25,27)/t15-,22+/m1/s1. The molecule has 2 aliphatic rings. The number of fused-ring (bicyclic) bond motifs is 3. The van der Waals surface area contributed by atoms with Gasteiger partial charge in [-0.3, -0.25) is 4.79 Å². The highest BCUT2D eigenvalue weighted by Crippen LogP contribution is 2.42. The smallest absolute Gasteiger partial charge is 0.256 e. The summed E-state index contributed by atoms with van der Waals surface area (Å²) in [5.41, 5.74) is 4.30. The molecule has 0 spiro atoms. The van der Waals surface area contributed by atoms with E-state index in [1.54, 1.807) is 11.3 Å². The second kappa shape index (κ2) is 7.56. The number of benzene rings is 2. The highest BCUT2D eigenvalue weighted by molar-refractivity contribution is 7.16. The number of nitrogens with one attached hydrogen (secondary N) is 2. The molecule has 1 amide bonds. The van der Waals surface area contributed by atoms with Crippen LogP contribution in [0.1, 0.15) is 51.4 Å². The first kappa shape index (κ1) is 18.3. The van der Waals surface area contributed by atoms with E-state index in [9.17, 15) is 4.79 Å². The molecule has 2 atom stereocenters. The van der Waals surface area contributed by atoms with Gasteiger partial charge in [-0.25, -0.2) is 0 Å². The highest BCUT2D eigenvalue weighted by atomic mass is 32.1. The number of ether oxygens (including phenoxy) is 1. The van der Waals surface area contributed by atoms with E-state index >= 15 is 0 Å². The fraction of sp³-hybridized carbons (Fsp3) is 0.292. The summed E-state index contributed by atoms with van der Waals surface area (Å²) in [6.45, 7) is 2.83. The van der Waals surface area contributed by atoms with Crippen molar-refractivity contribution in [2.24, 2.45) is 5.92 Å². The maximum atomic E-state index is 12.8. The first-order valence-electron chi connectivity index (χ1n) is 10.2. The molecule has 1 aliphatic carbocycles. The largest absolute Gasteiger partial charge is 0.489 e. The fourth-order valence-corrected chi connectivity index (χ4v) is 5.56. The summed E-state index contributed by atoms with van der Waals surface area (Å²) in [7, 11) is 0. The van der Waals surface area contributed by atoms with Crippen molar-refractivity contribution in [3.63, 3.8) is 0 Å². The van der Waals surface area contributed by atoms with Crippen LogP contribution in [0, 0.1) is 5.92 Å². The average Bonchev–Trinajstić information content (AvgIpc) is 3.11. The van der Waals surface area contributed by atoms with Gasteiger partial charge in [0.15, 0.2) is 0 Å². The number of hydrogen-bond acceptors (Lipinski definition) is 4. The van der Waals surface area contributed by atoms with E-state index in [4.69, 9.17) is 4.74 Å². The van der Waals surface area contributed by atoms with Gasteiger partial charge in [0.05, 0.1) is 5.56 Å². The average molecular weight is 405 g/mol. The predicted octanol–water partition coefficient (Wildman–Crippen LogP) is 5.31. The molecule has 1 aromatic heterocycles. The molecule has 3 aromatic rings. The van der Waals surface area contributed by atoms with Crippen LogP contribution in [0.15, 0.2) is 54.6 Å². The number of amides is 1. The predicted molar refractivity (Wildman–Crippen MR) is 117 cm³/mol. The van der Waals surface area contributed by atoms with Crippen LogP contribution in [-0.4, -0.2) is 5.91 Å². The number of carbonyl (C=O) groups is 1. The van der Waals surface area contributed by atoms with Crippen molar-refractivity contribution in [3.05, 3.63) is 81.7 Å². The van der Waals surface area contributed by atoms with Crippen LogP contribution in [0.3, 0.4) is 0 Å². The molecule has 0 radical (unpaired) electrons. The third-order valence-electron chi connectivity index (χ3n) is 5.75. The number of hydrogen-bond donors (Lipinski definition) is 2. The molecule has 2 N–H and O–H groups in total. The number of anilines is 1. The Balaban J connectivity index is 1.30. The normalized spacial score (nSPS) is 20.2. The Morgan fingerprint density at radius 2 is 1.86 bits per heavy atom. The molecule has 5 rings (SSSR count). The van der Waals surface area contributed by atoms with Gasteiger partial charge >= 0.3 is 0 Å². The number of carbonyl (C=O) groups excluding carboxylic acids is 1. The van der Waals surface area contributed by atoms with Crippen LogP contribution >= 0.6 is 11.3 Å². The molecule has 0 saturated carbocycles. The minimum Gasteiger partial charge on any atom is -0.489 e. The van der Waals surface area contributed by atoms with Gasteiger partial charge in [0.2, 0.25) is 0 Å². The van der Waals surface area contributed by atoms with Gasteiger partial charge in [-0.05, 0) is 54.0 Å². The molecule has 0 unspecified atom stereocenters. The van der Waals surface area contributed by atoms with Gasteiger partial charge in [0.25, 0.3) is 5.91 Å². The lowest BCUT2D eigenvalue weighted by Crippen LogP contribution is -2.38. The van der Waals surface area contributed by atoms with Crippen molar-refractivity contribution in [2.45, 2.75) is 39.0 Å². The quantitative estimate of drug-likeness (QED) is 0.620. The van der Waals surface area contributed by atoms with Crippen LogP contribution in [0.4, 0.5) is 5.00 Å². The highest BCUT2D eigenvalue weighted by Gasteiger charge is 2.33. The molecular weight excluding hydrogens is 380 g/mol. The number of thiophene rings is 1. The van der Waals surface area contributed by atoms with Gasteiger partial charge in [0.1, 0.15) is 23.5 Å². The van der Waals surface area contributed by atoms with Crippen molar-refractivity contribution in [2.75, 3.05) is 5.32 Å². The van der Waals surface area contributed by atoms with Crippen LogP contribution < -0.4 is 15.4 Å². The lowest BCUT2D eigenvalue weighted by Gasteiger charge is -2.27. The summed E-state index contributed by atoms with van der Waals surface area (Å²) >= 11 is 1.76. The zero-order chi connectivity index (χ0) is 19.8. The molecule has 1 aliphatic heterocycles. The molecule has 29 heavy (non-hydrogen) atoms. The molecule has 0 fully saturated rings. The van der Waals surface area contributed by atoms with Gasteiger partial charge in [-0.1, -0.05) is 49.4 Å². The van der Waals surface area contributed by atoms with Crippen molar-refractivity contribution >= 4 is 22.2 Å². The summed E-state index contributed by atoms with van der Waals surface area (Å²) in [6, 6.07) is 18.1. The van der Waals surface area contributed by atoms with Crippen molar-refractivity contribution in [1.82, 2.24) is 5.32 Å². The molecule has 0 saturated heterocycles. The molecule has 4 nitrogen and oxygen atoms in total. The fourth-order valence-electron chi connectivity index (χ4n) is 4.13. The monoisotopic (exact) mass is 404 g/mol. The lowest BCUT2D eigenvalue weighted by molar-refractivity contribution is 0.0935. The summed E-state index contributed by atoms with van der Waals surface area (Å²) < 4.78 is 5.87. The van der Waals surface area contributed by atoms with Crippen molar-refractivity contribution < 1.29 is 9.53 Å². The van der Waals surface area contributed by atoms with Gasteiger partial charge in [-0.15, -0.1) is 11.3 Å². The maximum absolute atomic E-state index is 12.8. The topological polar surface area (TPSA) is 50.4 Å². The Hall–Kier alpha value is -2.79. The molecule has 5 heteroatoms. The van der Waals surface area contributed by atoms with E-state index in [0.717, 1.165) is 46.7 Å². The van der Waals surface area contributed by atoms with Crippen molar-refractivity contribution in [3.8, 4) is 5.75 Å². The number of rotatable bonds is 4. The van der Waals surface area contributed by atoms with Gasteiger partial charge in [0, 0.05) is 4.88 Å². The molecule has 0 bridgehead atoms. The summed E-state index contributed by atoms with van der Waals surface area (Å²) in [6.07, 6.45) is 3.04. The maximum Gasteiger partial charge on any atom is 0.256 e. The Labute approximate surface area is 174 Å². The van der Waals surface area contributed by atoms with Gasteiger partial charge in [-0.2, -0.15) is 0 Å². The van der Waals surface area contributed by atoms with Crippen LogP contribution in [-0.2, 0) is 19.4 Å². The van der Waals surface area contributed by atoms with Crippen molar-refractivity contribution in [1.29, 1.82) is 0 Å². The molecule has 2 aromatic carbocycles. The minimum absolute atomic E-state index is 0.0419. The first-order valence-corrected chi connectivity index (χ1v) is 11.0. The Kier molecular flexibility index (Phi) is 4.76. The third kappa shape index (κ3) is 3.62. The Morgan fingerprint density at radius 3 is 2.66 bits per heavy atom. The van der Waals surface area contributed by atoms with E-state index < -0.39 is 0 Å². The minimum atomic E-state index is -0.212. The van der Waals surface area contributed by atoms with E-state index in [0.29, 0.717) is 12.5 Å². The van der Waals surface area contributed by atoms with E-state index in [2.05, 4.69) is 29.7 Å². The zero-order valence-corrected chi connectivity index (χ0v) is 17.2. The second-order valence-corrected chi connectivity index (χ2v) is 9.06. The summed E-state index contributed by atoms with van der Waals surface area (Å²) in [5.74, 6) is 1.56. The summed E-state index contributed by atoms with van der Waals surface area (Å²) in [4.78, 5) is 14.2. The van der Waals surface area contributed by atoms with Crippen LogP contribution in [0.5, 0.6) is 5.75 Å². The first-order chi connectivity index (χ1) is 14.2. The SMILES string of the molecule is C[C@@H]1CCc2c(sc3c2C(=O)N[C@H](c2ccc(OCc4ccccc4)cc2)N3)C1. The molecular formula is C24H24N2O2S. The lowest BCUT2D eigenvalue weighted by atomic mass is 9.88.